The summed E-state index contributed by atoms with van der Waals surface area (Å²) in [7, 11) is 0. The van der Waals surface area contributed by atoms with E-state index < -0.39 is 11.7 Å². The standard InChI is InChI=1S/C21H15F3N4/c1-13-10-15(21(22,23)24)12-16(11-13)26-20-17-4-2-3-5-18(17)27-19(28-20)14-6-8-25-9-7-14/h2-12H,1H3,(H,26,27,28). The van der Waals surface area contributed by atoms with Crippen molar-refractivity contribution >= 4 is 22.4 Å². The normalized spacial score (nSPS) is 11.6. The van der Waals surface area contributed by atoms with Crippen molar-refractivity contribution in [2.45, 2.75) is 13.1 Å². The molecule has 7 heteroatoms. The maximum absolute atomic E-state index is 13.2. The number of nitrogens with one attached hydrogen (secondary N) is 1. The lowest BCUT2D eigenvalue weighted by Crippen LogP contribution is -2.06. The molecule has 0 saturated carbocycles. The Hall–Kier alpha value is -3.48. The second kappa shape index (κ2) is 6.92. The fourth-order valence-corrected chi connectivity index (χ4v) is 2.96. The van der Waals surface area contributed by atoms with Crippen molar-refractivity contribution in [2.24, 2.45) is 0 Å². The molecule has 0 amide bonds. The minimum atomic E-state index is -4.42. The number of aromatic nitrogens is 3. The Morgan fingerprint density at radius 1 is 0.893 bits per heavy atom. The average Bonchev–Trinajstić information content (AvgIpc) is 2.67. The van der Waals surface area contributed by atoms with E-state index in [0.29, 0.717) is 28.4 Å². The van der Waals surface area contributed by atoms with E-state index in [1.165, 1.54) is 0 Å². The number of pyridine rings is 1. The van der Waals surface area contributed by atoms with Gasteiger partial charge in [0.1, 0.15) is 5.82 Å². The predicted molar refractivity (Wildman–Crippen MR) is 102 cm³/mol. The van der Waals surface area contributed by atoms with Crippen LogP contribution in [0.25, 0.3) is 22.3 Å². The van der Waals surface area contributed by atoms with Gasteiger partial charge in [-0.05, 0) is 55.0 Å². The summed E-state index contributed by atoms with van der Waals surface area (Å²) >= 11 is 0. The summed E-state index contributed by atoms with van der Waals surface area (Å²) in [6.45, 7) is 1.63. The molecular weight excluding hydrogens is 365 g/mol. The van der Waals surface area contributed by atoms with E-state index in [9.17, 15) is 13.2 Å². The van der Waals surface area contributed by atoms with Crippen molar-refractivity contribution in [3.8, 4) is 11.4 Å². The van der Waals surface area contributed by atoms with Gasteiger partial charge in [0.15, 0.2) is 5.82 Å². The molecule has 0 bridgehead atoms. The van der Waals surface area contributed by atoms with E-state index >= 15 is 0 Å². The maximum Gasteiger partial charge on any atom is 0.416 e. The first-order valence-electron chi connectivity index (χ1n) is 8.53. The van der Waals surface area contributed by atoms with Crippen LogP contribution < -0.4 is 5.32 Å². The molecular formula is C21H15F3N4. The van der Waals surface area contributed by atoms with Crippen LogP contribution in [0.4, 0.5) is 24.7 Å². The third-order valence-corrected chi connectivity index (χ3v) is 4.21. The van der Waals surface area contributed by atoms with Crippen molar-refractivity contribution in [3.63, 3.8) is 0 Å². The highest BCUT2D eigenvalue weighted by Gasteiger charge is 2.31. The van der Waals surface area contributed by atoms with Gasteiger partial charge >= 0.3 is 6.18 Å². The topological polar surface area (TPSA) is 50.7 Å². The van der Waals surface area contributed by atoms with Gasteiger partial charge in [0.25, 0.3) is 0 Å². The fraction of sp³-hybridized carbons (Fsp3) is 0.0952. The molecule has 2 aromatic heterocycles. The molecule has 0 aliphatic rings. The molecule has 0 radical (unpaired) electrons. The Labute approximate surface area is 159 Å². The molecule has 0 aliphatic carbocycles. The molecule has 0 spiro atoms. The number of alkyl halides is 3. The van der Waals surface area contributed by atoms with Gasteiger partial charge in [-0.25, -0.2) is 9.97 Å². The maximum atomic E-state index is 13.2. The average molecular weight is 380 g/mol. The van der Waals surface area contributed by atoms with Crippen LogP contribution in [-0.4, -0.2) is 15.0 Å². The number of fused-ring (bicyclic) bond motifs is 1. The minimum Gasteiger partial charge on any atom is -0.340 e. The van der Waals surface area contributed by atoms with Gasteiger partial charge in [-0.15, -0.1) is 0 Å². The van der Waals surface area contributed by atoms with Gasteiger partial charge in [0.05, 0.1) is 11.1 Å². The van der Waals surface area contributed by atoms with Crippen molar-refractivity contribution in [1.82, 2.24) is 15.0 Å². The zero-order chi connectivity index (χ0) is 19.7. The van der Waals surface area contributed by atoms with E-state index in [2.05, 4.69) is 20.3 Å². The van der Waals surface area contributed by atoms with Gasteiger partial charge in [-0.3, -0.25) is 4.98 Å². The van der Waals surface area contributed by atoms with Crippen LogP contribution >= 0.6 is 0 Å². The first-order chi connectivity index (χ1) is 13.4. The summed E-state index contributed by atoms with van der Waals surface area (Å²) in [5, 5.41) is 3.76. The molecule has 28 heavy (non-hydrogen) atoms. The molecule has 0 atom stereocenters. The van der Waals surface area contributed by atoms with E-state index in [-0.39, 0.29) is 0 Å². The van der Waals surface area contributed by atoms with Gasteiger partial charge in [-0.2, -0.15) is 13.2 Å². The highest BCUT2D eigenvalue weighted by Crippen LogP contribution is 2.33. The third kappa shape index (κ3) is 3.64. The molecule has 2 heterocycles. The van der Waals surface area contributed by atoms with Crippen LogP contribution in [0.1, 0.15) is 11.1 Å². The molecule has 4 aromatic rings. The third-order valence-electron chi connectivity index (χ3n) is 4.21. The van der Waals surface area contributed by atoms with Crippen LogP contribution in [0.5, 0.6) is 0 Å². The predicted octanol–water partition coefficient (Wildman–Crippen LogP) is 5.76. The van der Waals surface area contributed by atoms with Crippen LogP contribution in [0, 0.1) is 6.92 Å². The van der Waals surface area contributed by atoms with E-state index in [1.807, 2.05) is 24.3 Å². The number of nitrogens with zero attached hydrogens (tertiary/aromatic N) is 3. The van der Waals surface area contributed by atoms with E-state index in [4.69, 9.17) is 0 Å². The monoisotopic (exact) mass is 380 g/mol. The molecule has 0 saturated heterocycles. The van der Waals surface area contributed by atoms with Gasteiger partial charge < -0.3 is 5.32 Å². The Morgan fingerprint density at radius 2 is 1.64 bits per heavy atom. The molecule has 0 unspecified atom stereocenters. The highest BCUT2D eigenvalue weighted by atomic mass is 19.4. The number of halogens is 3. The SMILES string of the molecule is Cc1cc(Nc2nc(-c3ccncc3)nc3ccccc23)cc(C(F)(F)F)c1. The highest BCUT2D eigenvalue weighted by molar-refractivity contribution is 5.92. The van der Waals surface area contributed by atoms with Crippen molar-refractivity contribution < 1.29 is 13.2 Å². The molecule has 140 valence electrons. The zero-order valence-corrected chi connectivity index (χ0v) is 14.8. The van der Waals surface area contributed by atoms with E-state index in [0.717, 1.165) is 23.1 Å². The van der Waals surface area contributed by atoms with Gasteiger partial charge in [-0.1, -0.05) is 12.1 Å². The quantitative estimate of drug-likeness (QED) is 0.491. The van der Waals surface area contributed by atoms with Crippen LogP contribution in [-0.2, 0) is 6.18 Å². The van der Waals surface area contributed by atoms with Crippen molar-refractivity contribution in [2.75, 3.05) is 5.32 Å². The summed E-state index contributed by atoms with van der Waals surface area (Å²) in [4.78, 5) is 13.1. The lowest BCUT2D eigenvalue weighted by Gasteiger charge is -2.14. The summed E-state index contributed by atoms with van der Waals surface area (Å²) in [5.41, 5.74) is 1.57. The first-order valence-corrected chi connectivity index (χ1v) is 8.53. The van der Waals surface area contributed by atoms with Gasteiger partial charge in [0.2, 0.25) is 0 Å². The zero-order valence-electron chi connectivity index (χ0n) is 14.8. The molecule has 0 fully saturated rings. The number of anilines is 2. The van der Waals surface area contributed by atoms with Crippen LogP contribution in [0.15, 0.2) is 67.0 Å². The number of benzene rings is 2. The number of para-hydroxylation sites is 1. The molecule has 0 aliphatic heterocycles. The molecule has 1 N–H and O–H groups in total. The summed E-state index contributed by atoms with van der Waals surface area (Å²) in [5.74, 6) is 0.906. The first kappa shape index (κ1) is 17.9. The number of aryl methyl sites for hydroxylation is 1. The van der Waals surface area contributed by atoms with E-state index in [1.54, 1.807) is 37.5 Å². The number of hydrogen-bond acceptors (Lipinski definition) is 4. The number of hydrogen-bond donors (Lipinski definition) is 1. The second-order valence-corrected chi connectivity index (χ2v) is 6.36. The second-order valence-electron chi connectivity index (χ2n) is 6.36. The Bertz CT molecular complexity index is 1140. The fourth-order valence-electron chi connectivity index (χ4n) is 2.96. The van der Waals surface area contributed by atoms with Gasteiger partial charge in [0, 0.05) is 29.0 Å². The minimum absolute atomic E-state index is 0.317. The largest absolute Gasteiger partial charge is 0.416 e. The summed E-state index contributed by atoms with van der Waals surface area (Å²) < 4.78 is 39.5. The molecule has 4 rings (SSSR count). The lowest BCUT2D eigenvalue weighted by molar-refractivity contribution is -0.137. The van der Waals surface area contributed by atoms with Crippen LogP contribution in [0.3, 0.4) is 0 Å². The lowest BCUT2D eigenvalue weighted by atomic mass is 10.1. The van der Waals surface area contributed by atoms with Crippen molar-refractivity contribution in [3.05, 3.63) is 78.1 Å². The molecule has 4 nitrogen and oxygen atoms in total. The Morgan fingerprint density at radius 3 is 2.39 bits per heavy atom. The summed E-state index contributed by atoms with van der Waals surface area (Å²) in [6, 6.07) is 14.8. The number of rotatable bonds is 3. The van der Waals surface area contributed by atoms with Crippen molar-refractivity contribution in [1.29, 1.82) is 0 Å². The smallest absolute Gasteiger partial charge is 0.340 e. The Kier molecular flexibility index (Phi) is 4.43. The summed E-state index contributed by atoms with van der Waals surface area (Å²) in [6.07, 6.45) is -1.15. The molecule has 2 aromatic carbocycles. The Balaban J connectivity index is 1.84. The van der Waals surface area contributed by atoms with Crippen LogP contribution in [0.2, 0.25) is 0 Å².